The van der Waals surface area contributed by atoms with E-state index in [4.69, 9.17) is 9.47 Å². The molecule has 0 aliphatic carbocycles. The summed E-state index contributed by atoms with van der Waals surface area (Å²) in [4.78, 5) is 0. The Labute approximate surface area is 93.4 Å². The fourth-order valence-corrected chi connectivity index (χ4v) is 1.61. The summed E-state index contributed by atoms with van der Waals surface area (Å²) in [5, 5.41) is 0.796. The van der Waals surface area contributed by atoms with Gasteiger partial charge in [0.1, 0.15) is 11.5 Å². The zero-order valence-electron chi connectivity index (χ0n) is 8.55. The smallest absolute Gasteiger partial charge is 0.126 e. The van der Waals surface area contributed by atoms with E-state index in [1.54, 1.807) is 7.11 Å². The van der Waals surface area contributed by atoms with E-state index in [0.717, 1.165) is 35.4 Å². The molecule has 0 aliphatic rings. The number of benzene rings is 1. The Morgan fingerprint density at radius 2 is 2.14 bits per heavy atom. The third-order valence-corrected chi connectivity index (χ3v) is 2.48. The van der Waals surface area contributed by atoms with Crippen LogP contribution >= 0.6 is 15.9 Å². The van der Waals surface area contributed by atoms with Gasteiger partial charge in [0.25, 0.3) is 0 Å². The molecule has 3 heteroatoms. The van der Waals surface area contributed by atoms with Crippen LogP contribution in [0.2, 0.25) is 0 Å². The minimum Gasteiger partial charge on any atom is -0.496 e. The van der Waals surface area contributed by atoms with E-state index in [0.29, 0.717) is 0 Å². The third kappa shape index (κ3) is 2.91. The van der Waals surface area contributed by atoms with Gasteiger partial charge in [-0.1, -0.05) is 28.9 Å². The quantitative estimate of drug-likeness (QED) is 0.755. The van der Waals surface area contributed by atoms with Crippen LogP contribution in [0.4, 0.5) is 0 Å². The first-order chi connectivity index (χ1) is 6.81. The Hall–Kier alpha value is -0.700. The zero-order chi connectivity index (χ0) is 10.4. The van der Waals surface area contributed by atoms with Gasteiger partial charge in [0.05, 0.1) is 13.7 Å². The summed E-state index contributed by atoms with van der Waals surface area (Å²) in [6.45, 7) is 2.83. The molecule has 0 aliphatic heterocycles. The van der Waals surface area contributed by atoms with Gasteiger partial charge in [0.15, 0.2) is 0 Å². The van der Waals surface area contributed by atoms with Gasteiger partial charge in [-0.05, 0) is 12.5 Å². The molecule has 0 unspecified atom stereocenters. The van der Waals surface area contributed by atoms with Crippen LogP contribution in [-0.2, 0) is 5.33 Å². The fraction of sp³-hybridized carbons (Fsp3) is 0.455. The highest BCUT2D eigenvalue weighted by Gasteiger charge is 2.03. The zero-order valence-corrected chi connectivity index (χ0v) is 10.1. The second-order valence-corrected chi connectivity index (χ2v) is 3.52. The molecule has 0 radical (unpaired) electrons. The van der Waals surface area contributed by atoms with Crippen molar-refractivity contribution in [2.75, 3.05) is 13.7 Å². The van der Waals surface area contributed by atoms with E-state index in [-0.39, 0.29) is 0 Å². The van der Waals surface area contributed by atoms with Crippen LogP contribution in [0.3, 0.4) is 0 Å². The van der Waals surface area contributed by atoms with Gasteiger partial charge in [0, 0.05) is 17.0 Å². The highest BCUT2D eigenvalue weighted by Crippen LogP contribution is 2.26. The minimum atomic E-state index is 0.747. The highest BCUT2D eigenvalue weighted by atomic mass is 79.9. The normalized spacial score (nSPS) is 9.93. The third-order valence-electron chi connectivity index (χ3n) is 1.88. The molecule has 0 saturated heterocycles. The van der Waals surface area contributed by atoms with Gasteiger partial charge < -0.3 is 9.47 Å². The number of ether oxygens (including phenoxy) is 2. The van der Waals surface area contributed by atoms with Crippen molar-refractivity contribution in [1.82, 2.24) is 0 Å². The molecule has 0 atom stereocenters. The van der Waals surface area contributed by atoms with E-state index in [2.05, 4.69) is 22.9 Å². The van der Waals surface area contributed by atoms with Crippen molar-refractivity contribution in [3.63, 3.8) is 0 Å². The average molecular weight is 259 g/mol. The molecular formula is C11H15BrO2. The summed E-state index contributed by atoms with van der Waals surface area (Å²) in [5.41, 5.74) is 1.14. The SMILES string of the molecule is CCCOc1ccc(CBr)c(OC)c1. The maximum Gasteiger partial charge on any atom is 0.126 e. The summed E-state index contributed by atoms with van der Waals surface area (Å²) in [6.07, 6.45) is 1.02. The molecule has 14 heavy (non-hydrogen) atoms. The van der Waals surface area contributed by atoms with Crippen LogP contribution in [0.25, 0.3) is 0 Å². The molecule has 1 aromatic carbocycles. The average Bonchev–Trinajstić information content (AvgIpc) is 2.25. The fourth-order valence-electron chi connectivity index (χ4n) is 1.14. The van der Waals surface area contributed by atoms with Crippen LogP contribution in [0.15, 0.2) is 18.2 Å². The lowest BCUT2D eigenvalue weighted by molar-refractivity contribution is 0.314. The topological polar surface area (TPSA) is 18.5 Å². The van der Waals surface area contributed by atoms with Gasteiger partial charge in [-0.3, -0.25) is 0 Å². The summed E-state index contributed by atoms with van der Waals surface area (Å²) in [7, 11) is 1.67. The second-order valence-electron chi connectivity index (χ2n) is 2.96. The molecule has 1 aromatic rings. The van der Waals surface area contributed by atoms with Gasteiger partial charge >= 0.3 is 0 Å². The summed E-state index contributed by atoms with van der Waals surface area (Å²) >= 11 is 3.41. The first-order valence-corrected chi connectivity index (χ1v) is 5.79. The molecule has 0 heterocycles. The lowest BCUT2D eigenvalue weighted by Crippen LogP contribution is -1.96. The molecule has 78 valence electrons. The van der Waals surface area contributed by atoms with Gasteiger partial charge in [-0.15, -0.1) is 0 Å². The Bertz CT molecular complexity index is 287. The van der Waals surface area contributed by atoms with E-state index in [1.165, 1.54) is 0 Å². The molecular weight excluding hydrogens is 244 g/mol. The monoisotopic (exact) mass is 258 g/mol. The van der Waals surface area contributed by atoms with E-state index >= 15 is 0 Å². The molecule has 0 spiro atoms. The van der Waals surface area contributed by atoms with Crippen LogP contribution < -0.4 is 9.47 Å². The molecule has 2 nitrogen and oxygen atoms in total. The predicted molar refractivity (Wildman–Crippen MR) is 61.4 cm³/mol. The number of hydrogen-bond acceptors (Lipinski definition) is 2. The van der Waals surface area contributed by atoms with Crippen molar-refractivity contribution in [3.05, 3.63) is 23.8 Å². The van der Waals surface area contributed by atoms with E-state index < -0.39 is 0 Å². The minimum absolute atomic E-state index is 0.747. The molecule has 0 N–H and O–H groups in total. The number of alkyl halides is 1. The largest absolute Gasteiger partial charge is 0.496 e. The Morgan fingerprint density at radius 1 is 1.36 bits per heavy atom. The lowest BCUT2D eigenvalue weighted by atomic mass is 10.2. The van der Waals surface area contributed by atoms with Crippen molar-refractivity contribution < 1.29 is 9.47 Å². The van der Waals surface area contributed by atoms with Crippen molar-refractivity contribution >= 4 is 15.9 Å². The van der Waals surface area contributed by atoms with Crippen molar-refractivity contribution in [2.24, 2.45) is 0 Å². The Morgan fingerprint density at radius 3 is 2.71 bits per heavy atom. The molecule has 1 rings (SSSR count). The summed E-state index contributed by atoms with van der Waals surface area (Å²) < 4.78 is 10.7. The maximum absolute atomic E-state index is 5.50. The van der Waals surface area contributed by atoms with Gasteiger partial charge in [-0.2, -0.15) is 0 Å². The van der Waals surface area contributed by atoms with Gasteiger partial charge in [0.2, 0.25) is 0 Å². The number of halogens is 1. The molecule has 0 bridgehead atoms. The molecule has 0 saturated carbocycles. The van der Waals surface area contributed by atoms with Crippen LogP contribution in [0.1, 0.15) is 18.9 Å². The van der Waals surface area contributed by atoms with Crippen molar-refractivity contribution in [1.29, 1.82) is 0 Å². The van der Waals surface area contributed by atoms with Crippen LogP contribution in [0.5, 0.6) is 11.5 Å². The number of methoxy groups -OCH3 is 1. The summed E-state index contributed by atoms with van der Waals surface area (Å²) in [6, 6.07) is 5.90. The standard InChI is InChI=1S/C11H15BrO2/c1-3-6-14-10-5-4-9(8-12)11(7-10)13-2/h4-5,7H,3,6,8H2,1-2H3. The Kier molecular flexibility index (Phi) is 4.80. The highest BCUT2D eigenvalue weighted by molar-refractivity contribution is 9.08. The first kappa shape index (κ1) is 11.4. The maximum atomic E-state index is 5.50. The van der Waals surface area contributed by atoms with Crippen LogP contribution in [0, 0.1) is 0 Å². The molecule has 0 aromatic heterocycles. The van der Waals surface area contributed by atoms with E-state index in [9.17, 15) is 0 Å². The molecule has 0 fully saturated rings. The van der Waals surface area contributed by atoms with E-state index in [1.807, 2.05) is 18.2 Å². The first-order valence-electron chi connectivity index (χ1n) is 4.67. The summed E-state index contributed by atoms with van der Waals surface area (Å²) in [5.74, 6) is 1.74. The van der Waals surface area contributed by atoms with Gasteiger partial charge in [-0.25, -0.2) is 0 Å². The lowest BCUT2D eigenvalue weighted by Gasteiger charge is -2.09. The number of rotatable bonds is 5. The second kappa shape index (κ2) is 5.91. The van der Waals surface area contributed by atoms with Crippen LogP contribution in [-0.4, -0.2) is 13.7 Å². The van der Waals surface area contributed by atoms with Crippen molar-refractivity contribution in [3.8, 4) is 11.5 Å². The van der Waals surface area contributed by atoms with Crippen molar-refractivity contribution in [2.45, 2.75) is 18.7 Å². The number of hydrogen-bond donors (Lipinski definition) is 0. The predicted octanol–water partition coefficient (Wildman–Crippen LogP) is 3.38. The Balaban J connectivity index is 2.79. The molecule has 0 amide bonds.